The van der Waals surface area contributed by atoms with Gasteiger partial charge in [0.2, 0.25) is 0 Å². The van der Waals surface area contributed by atoms with Gasteiger partial charge in [0.05, 0.1) is 18.3 Å². The number of hydrogen-bond donors (Lipinski definition) is 3. The predicted molar refractivity (Wildman–Crippen MR) is 66.4 cm³/mol. The molecule has 2 rings (SSSR count). The lowest BCUT2D eigenvalue weighted by atomic mass is 9.78. The molecular weight excluding hydrogens is 254 g/mol. The van der Waals surface area contributed by atoms with Crippen molar-refractivity contribution >= 4 is 10.0 Å². The maximum atomic E-state index is 12.1. The third kappa shape index (κ3) is 2.73. The van der Waals surface area contributed by atoms with Crippen molar-refractivity contribution < 1.29 is 13.5 Å². The molecule has 3 N–H and O–H groups in total. The normalized spacial score (nSPS) is 29.3. The molecule has 0 aliphatic heterocycles. The van der Waals surface area contributed by atoms with Crippen molar-refractivity contribution in [1.82, 2.24) is 14.9 Å². The van der Waals surface area contributed by atoms with E-state index in [0.29, 0.717) is 18.8 Å². The Morgan fingerprint density at radius 2 is 2.22 bits per heavy atom. The number of aliphatic hydroxyl groups excluding tert-OH is 1. The highest BCUT2D eigenvalue weighted by Crippen LogP contribution is 2.32. The average Bonchev–Trinajstić information content (AvgIpc) is 2.87. The fourth-order valence-corrected chi connectivity index (χ4v) is 3.70. The van der Waals surface area contributed by atoms with Crippen molar-refractivity contribution in [3.63, 3.8) is 0 Å². The number of aromatic nitrogens is 2. The van der Waals surface area contributed by atoms with Crippen LogP contribution in [0.15, 0.2) is 17.3 Å². The summed E-state index contributed by atoms with van der Waals surface area (Å²) in [7, 11) is -3.63. The van der Waals surface area contributed by atoms with E-state index in [-0.39, 0.29) is 11.6 Å². The van der Waals surface area contributed by atoms with Crippen molar-refractivity contribution in [1.29, 1.82) is 0 Å². The average molecular weight is 273 g/mol. The van der Waals surface area contributed by atoms with E-state index in [4.69, 9.17) is 0 Å². The first-order valence-electron chi connectivity index (χ1n) is 6.12. The fourth-order valence-electron chi connectivity index (χ4n) is 2.34. The molecule has 0 atom stereocenters. The minimum Gasteiger partial charge on any atom is -0.394 e. The SMILES string of the molecule is CC1CCC(CO)(NS(=O)(=O)c2ccn[nH]2)CC1. The van der Waals surface area contributed by atoms with Crippen molar-refractivity contribution in [3.05, 3.63) is 12.3 Å². The molecule has 0 aromatic carbocycles. The lowest BCUT2D eigenvalue weighted by Gasteiger charge is -2.38. The van der Waals surface area contributed by atoms with Gasteiger partial charge in [0.25, 0.3) is 10.0 Å². The molecule has 1 saturated carbocycles. The zero-order valence-corrected chi connectivity index (χ0v) is 11.2. The van der Waals surface area contributed by atoms with Gasteiger partial charge < -0.3 is 5.11 Å². The van der Waals surface area contributed by atoms with Crippen LogP contribution in [-0.2, 0) is 10.0 Å². The molecule has 1 fully saturated rings. The molecule has 0 amide bonds. The van der Waals surface area contributed by atoms with Crippen LogP contribution in [0, 0.1) is 5.92 Å². The minimum absolute atomic E-state index is 0.0361. The Morgan fingerprint density at radius 1 is 1.56 bits per heavy atom. The summed E-state index contributed by atoms with van der Waals surface area (Å²) in [5.41, 5.74) is -0.726. The molecule has 1 aliphatic carbocycles. The van der Waals surface area contributed by atoms with Gasteiger partial charge in [0, 0.05) is 0 Å². The summed E-state index contributed by atoms with van der Waals surface area (Å²) in [5.74, 6) is 0.585. The Balaban J connectivity index is 2.16. The standard InChI is InChI=1S/C11H19N3O3S/c1-9-2-5-11(8-15,6-3-9)14-18(16,17)10-4-7-12-13-10/h4,7,9,14-15H,2-3,5-6,8H2,1H3,(H,12,13). The lowest BCUT2D eigenvalue weighted by molar-refractivity contribution is 0.125. The van der Waals surface area contributed by atoms with Crippen LogP contribution >= 0.6 is 0 Å². The number of H-pyrrole nitrogens is 1. The Hall–Kier alpha value is -0.920. The highest BCUT2D eigenvalue weighted by atomic mass is 32.2. The van der Waals surface area contributed by atoms with Gasteiger partial charge in [-0.3, -0.25) is 5.10 Å². The van der Waals surface area contributed by atoms with Crippen LogP contribution in [0.25, 0.3) is 0 Å². The van der Waals surface area contributed by atoms with E-state index >= 15 is 0 Å². The molecule has 1 aliphatic rings. The third-order valence-corrected chi connectivity index (χ3v) is 5.16. The molecule has 18 heavy (non-hydrogen) atoms. The Labute approximate surface area is 107 Å². The molecule has 0 unspecified atom stereocenters. The van der Waals surface area contributed by atoms with Crippen LogP contribution in [0.5, 0.6) is 0 Å². The summed E-state index contributed by atoms with van der Waals surface area (Å²) < 4.78 is 26.9. The maximum Gasteiger partial charge on any atom is 0.258 e. The van der Waals surface area contributed by atoms with E-state index in [0.717, 1.165) is 12.8 Å². The van der Waals surface area contributed by atoms with Gasteiger partial charge in [0.15, 0.2) is 5.03 Å². The number of rotatable bonds is 4. The summed E-state index contributed by atoms with van der Waals surface area (Å²) in [6.07, 6.45) is 4.57. The van der Waals surface area contributed by atoms with Gasteiger partial charge in [-0.25, -0.2) is 13.1 Å². The topological polar surface area (TPSA) is 95.1 Å². The molecule has 1 aromatic heterocycles. The summed E-state index contributed by atoms with van der Waals surface area (Å²) in [5, 5.41) is 15.6. The van der Waals surface area contributed by atoms with Gasteiger partial charge >= 0.3 is 0 Å². The minimum atomic E-state index is -3.63. The first-order valence-corrected chi connectivity index (χ1v) is 7.60. The van der Waals surface area contributed by atoms with E-state index in [1.807, 2.05) is 0 Å². The van der Waals surface area contributed by atoms with Crippen molar-refractivity contribution in [2.75, 3.05) is 6.61 Å². The molecule has 0 saturated heterocycles. The monoisotopic (exact) mass is 273 g/mol. The predicted octanol–water partition coefficient (Wildman–Crippen LogP) is 0.629. The summed E-state index contributed by atoms with van der Waals surface area (Å²) >= 11 is 0. The number of hydrogen-bond acceptors (Lipinski definition) is 4. The van der Waals surface area contributed by atoms with E-state index in [2.05, 4.69) is 21.8 Å². The second-order valence-corrected chi connectivity index (χ2v) is 6.80. The van der Waals surface area contributed by atoms with Gasteiger partial charge in [0.1, 0.15) is 0 Å². The largest absolute Gasteiger partial charge is 0.394 e. The molecule has 102 valence electrons. The molecule has 0 bridgehead atoms. The second-order valence-electron chi connectivity index (χ2n) is 5.15. The smallest absolute Gasteiger partial charge is 0.258 e. The number of aliphatic hydroxyl groups is 1. The molecule has 0 radical (unpaired) electrons. The maximum absolute atomic E-state index is 12.1. The second kappa shape index (κ2) is 4.99. The lowest BCUT2D eigenvalue weighted by Crippen LogP contribution is -2.53. The van der Waals surface area contributed by atoms with Crippen molar-refractivity contribution in [2.24, 2.45) is 5.92 Å². The number of nitrogens with zero attached hydrogens (tertiary/aromatic N) is 1. The van der Waals surface area contributed by atoms with Crippen LogP contribution in [0.4, 0.5) is 0 Å². The van der Waals surface area contributed by atoms with E-state index in [1.54, 1.807) is 0 Å². The van der Waals surface area contributed by atoms with Crippen LogP contribution in [0.2, 0.25) is 0 Å². The highest BCUT2D eigenvalue weighted by molar-refractivity contribution is 7.89. The molecule has 1 aromatic rings. The van der Waals surface area contributed by atoms with Crippen molar-refractivity contribution in [2.45, 2.75) is 43.2 Å². The zero-order chi connectivity index (χ0) is 13.2. The molecular formula is C11H19N3O3S. The molecule has 7 heteroatoms. The number of nitrogens with one attached hydrogen (secondary N) is 2. The first-order chi connectivity index (χ1) is 8.47. The Kier molecular flexibility index (Phi) is 3.74. The molecule has 1 heterocycles. The van der Waals surface area contributed by atoms with Crippen LogP contribution in [0.1, 0.15) is 32.6 Å². The number of sulfonamides is 1. The molecule has 0 spiro atoms. The summed E-state index contributed by atoms with van der Waals surface area (Å²) in [6.45, 7) is 1.97. The van der Waals surface area contributed by atoms with Crippen LogP contribution in [-0.4, -0.2) is 35.9 Å². The number of aromatic amines is 1. The first kappa shape index (κ1) is 13.5. The van der Waals surface area contributed by atoms with E-state index < -0.39 is 15.6 Å². The fraction of sp³-hybridized carbons (Fsp3) is 0.727. The molecule has 6 nitrogen and oxygen atoms in total. The summed E-state index contributed by atoms with van der Waals surface area (Å²) in [4.78, 5) is 0. The summed E-state index contributed by atoms with van der Waals surface area (Å²) in [6, 6.07) is 1.40. The van der Waals surface area contributed by atoms with Crippen LogP contribution < -0.4 is 4.72 Å². The highest BCUT2D eigenvalue weighted by Gasteiger charge is 2.37. The quantitative estimate of drug-likeness (QED) is 0.750. The van der Waals surface area contributed by atoms with Gasteiger partial charge in [-0.05, 0) is 37.7 Å². The van der Waals surface area contributed by atoms with Gasteiger partial charge in [-0.2, -0.15) is 5.10 Å². The van der Waals surface area contributed by atoms with Crippen LogP contribution in [0.3, 0.4) is 0 Å². The third-order valence-electron chi connectivity index (χ3n) is 3.65. The van der Waals surface area contributed by atoms with Gasteiger partial charge in [-0.1, -0.05) is 6.92 Å². The Bertz CT molecular complexity index is 476. The Morgan fingerprint density at radius 3 is 2.72 bits per heavy atom. The van der Waals surface area contributed by atoms with E-state index in [9.17, 15) is 13.5 Å². The van der Waals surface area contributed by atoms with Crippen molar-refractivity contribution in [3.8, 4) is 0 Å². The van der Waals surface area contributed by atoms with Gasteiger partial charge in [-0.15, -0.1) is 0 Å². The van der Waals surface area contributed by atoms with E-state index in [1.165, 1.54) is 12.3 Å². The zero-order valence-electron chi connectivity index (χ0n) is 10.4.